The van der Waals surface area contributed by atoms with Crippen LogP contribution in [0.2, 0.25) is 0 Å². The van der Waals surface area contributed by atoms with Crippen LogP contribution in [0.1, 0.15) is 41.6 Å². The van der Waals surface area contributed by atoms with E-state index in [0.717, 1.165) is 12.0 Å². The number of aromatic carboxylic acids is 1. The summed E-state index contributed by atoms with van der Waals surface area (Å²) in [5.74, 6) is -0.837. The van der Waals surface area contributed by atoms with Crippen LogP contribution in [-0.2, 0) is 20.7 Å². The van der Waals surface area contributed by atoms with Gasteiger partial charge in [0, 0.05) is 45.7 Å². The highest BCUT2D eigenvalue weighted by Gasteiger charge is 2.26. The van der Waals surface area contributed by atoms with Crippen molar-refractivity contribution < 1.29 is 24.2 Å². The Balaban J connectivity index is 1.70. The number of nitrogens with zero attached hydrogens (tertiary/aromatic N) is 1. The van der Waals surface area contributed by atoms with Crippen LogP contribution in [0.5, 0.6) is 0 Å². The van der Waals surface area contributed by atoms with E-state index in [1.54, 1.807) is 31.4 Å². The molecule has 0 atom stereocenters. The number of hydrogen-bond donors (Lipinski definition) is 2. The maximum absolute atomic E-state index is 12.4. The Hall–Kier alpha value is -2.41. The van der Waals surface area contributed by atoms with Gasteiger partial charge in [-0.15, -0.1) is 0 Å². The maximum atomic E-state index is 12.4. The van der Waals surface area contributed by atoms with Crippen LogP contribution in [0.25, 0.3) is 0 Å². The molecule has 2 N–H and O–H groups in total. The van der Waals surface area contributed by atoms with Crippen molar-refractivity contribution in [1.82, 2.24) is 10.2 Å². The lowest BCUT2D eigenvalue weighted by Crippen LogP contribution is -2.43. The van der Waals surface area contributed by atoms with E-state index in [1.807, 2.05) is 4.90 Å². The molecule has 1 aliphatic heterocycles. The molecular formula is C20H28N2O5. The number of ether oxygens (including phenoxy) is 1. The second-order valence-electron chi connectivity index (χ2n) is 6.79. The highest BCUT2D eigenvalue weighted by Crippen LogP contribution is 2.18. The quantitative estimate of drug-likeness (QED) is 0.640. The van der Waals surface area contributed by atoms with E-state index in [-0.39, 0.29) is 23.3 Å². The summed E-state index contributed by atoms with van der Waals surface area (Å²) in [6.45, 7) is 2.46. The fourth-order valence-electron chi connectivity index (χ4n) is 3.19. The number of likely N-dealkylation sites (tertiary alicyclic amines) is 1. The van der Waals surface area contributed by atoms with E-state index in [1.165, 1.54) is 0 Å². The average molecular weight is 376 g/mol. The van der Waals surface area contributed by atoms with Crippen LogP contribution in [0.3, 0.4) is 0 Å². The van der Waals surface area contributed by atoms with Crippen molar-refractivity contribution in [2.24, 2.45) is 5.92 Å². The van der Waals surface area contributed by atoms with Crippen molar-refractivity contribution in [3.63, 3.8) is 0 Å². The first-order chi connectivity index (χ1) is 13.0. The van der Waals surface area contributed by atoms with Gasteiger partial charge in [0.1, 0.15) is 0 Å². The van der Waals surface area contributed by atoms with Gasteiger partial charge in [0.2, 0.25) is 11.8 Å². The molecule has 1 fully saturated rings. The number of carbonyl (C=O) groups is 3. The van der Waals surface area contributed by atoms with E-state index in [9.17, 15) is 14.4 Å². The van der Waals surface area contributed by atoms with Crippen molar-refractivity contribution in [3.05, 3.63) is 35.4 Å². The number of amides is 2. The summed E-state index contributed by atoms with van der Waals surface area (Å²) in [4.78, 5) is 37.2. The van der Waals surface area contributed by atoms with Gasteiger partial charge >= 0.3 is 5.97 Å². The highest BCUT2D eigenvalue weighted by molar-refractivity contribution is 5.87. The lowest BCUT2D eigenvalue weighted by molar-refractivity contribution is -0.135. The molecule has 27 heavy (non-hydrogen) atoms. The zero-order chi connectivity index (χ0) is 19.6. The molecule has 0 unspecified atom stereocenters. The number of nitrogens with one attached hydrogen (secondary N) is 1. The van der Waals surface area contributed by atoms with Gasteiger partial charge in [0.25, 0.3) is 0 Å². The lowest BCUT2D eigenvalue weighted by Gasteiger charge is -2.31. The third kappa shape index (κ3) is 6.67. The van der Waals surface area contributed by atoms with Crippen LogP contribution in [0.4, 0.5) is 0 Å². The molecule has 2 amide bonds. The second kappa shape index (κ2) is 10.7. The van der Waals surface area contributed by atoms with Crippen molar-refractivity contribution >= 4 is 17.8 Å². The van der Waals surface area contributed by atoms with Crippen molar-refractivity contribution in [1.29, 1.82) is 0 Å². The molecule has 1 heterocycles. The molecule has 0 spiro atoms. The number of rotatable bonds is 9. The first-order valence-corrected chi connectivity index (χ1v) is 9.38. The average Bonchev–Trinajstić information content (AvgIpc) is 2.69. The summed E-state index contributed by atoms with van der Waals surface area (Å²) in [6, 6.07) is 6.60. The van der Waals surface area contributed by atoms with Crippen LogP contribution in [-0.4, -0.2) is 61.1 Å². The number of carboxylic acids is 1. The number of carbonyl (C=O) groups excluding carboxylic acids is 2. The van der Waals surface area contributed by atoms with Gasteiger partial charge in [-0.2, -0.15) is 0 Å². The fourth-order valence-corrected chi connectivity index (χ4v) is 3.19. The normalized spacial score (nSPS) is 14.8. The highest BCUT2D eigenvalue weighted by atomic mass is 16.5. The Morgan fingerprint density at radius 1 is 1.19 bits per heavy atom. The smallest absolute Gasteiger partial charge is 0.335 e. The Bertz CT molecular complexity index is 636. The van der Waals surface area contributed by atoms with E-state index < -0.39 is 5.97 Å². The monoisotopic (exact) mass is 376 g/mol. The maximum Gasteiger partial charge on any atom is 0.335 e. The van der Waals surface area contributed by atoms with Gasteiger partial charge in [-0.3, -0.25) is 9.59 Å². The molecule has 0 saturated carbocycles. The Morgan fingerprint density at radius 3 is 2.44 bits per heavy atom. The molecule has 7 nitrogen and oxygen atoms in total. The molecular weight excluding hydrogens is 348 g/mol. The molecule has 1 aromatic rings. The SMILES string of the molecule is COCCCNC(=O)C1CCN(C(=O)CCc2ccc(C(=O)O)cc2)CC1. The van der Waals surface area contributed by atoms with E-state index in [4.69, 9.17) is 9.84 Å². The zero-order valence-electron chi connectivity index (χ0n) is 15.8. The molecule has 0 bridgehead atoms. The first kappa shape index (κ1) is 20.9. The molecule has 0 aromatic heterocycles. The van der Waals surface area contributed by atoms with Crippen molar-refractivity contribution in [3.8, 4) is 0 Å². The van der Waals surface area contributed by atoms with E-state index in [2.05, 4.69) is 5.32 Å². The summed E-state index contributed by atoms with van der Waals surface area (Å²) < 4.78 is 4.96. The number of piperidine rings is 1. The molecule has 148 valence electrons. The molecule has 0 aliphatic carbocycles. The number of aryl methyl sites for hydroxylation is 1. The summed E-state index contributed by atoms with van der Waals surface area (Å²) in [6.07, 6.45) is 3.15. The van der Waals surface area contributed by atoms with Crippen molar-refractivity contribution in [2.75, 3.05) is 33.4 Å². The number of hydrogen-bond acceptors (Lipinski definition) is 4. The minimum Gasteiger partial charge on any atom is -0.478 e. The van der Waals surface area contributed by atoms with Crippen LogP contribution in [0, 0.1) is 5.92 Å². The first-order valence-electron chi connectivity index (χ1n) is 9.38. The minimum absolute atomic E-state index is 0.0276. The standard InChI is InChI=1S/C20H28N2O5/c1-27-14-2-11-21-19(24)16-9-12-22(13-10-16)18(23)8-5-15-3-6-17(7-4-15)20(25)26/h3-4,6-7,16H,2,5,8-14H2,1H3,(H,21,24)(H,25,26). The predicted octanol–water partition coefficient (Wildman–Crippen LogP) is 1.71. The third-order valence-electron chi connectivity index (χ3n) is 4.87. The van der Waals surface area contributed by atoms with E-state index >= 15 is 0 Å². The zero-order valence-corrected chi connectivity index (χ0v) is 15.8. The molecule has 7 heteroatoms. The van der Waals surface area contributed by atoms with Crippen molar-refractivity contribution in [2.45, 2.75) is 32.1 Å². The number of carboxylic acid groups (broad SMARTS) is 1. The van der Waals surface area contributed by atoms with Gasteiger partial charge < -0.3 is 20.1 Å². The number of methoxy groups -OCH3 is 1. The molecule has 2 rings (SSSR count). The fraction of sp³-hybridized carbons (Fsp3) is 0.550. The van der Waals surface area contributed by atoms with Crippen LogP contribution >= 0.6 is 0 Å². The molecule has 1 aromatic carbocycles. The Labute approximate surface area is 159 Å². The topological polar surface area (TPSA) is 95.9 Å². The summed E-state index contributed by atoms with van der Waals surface area (Å²) in [7, 11) is 1.64. The summed E-state index contributed by atoms with van der Waals surface area (Å²) in [5.41, 5.74) is 1.19. The van der Waals surface area contributed by atoms with Gasteiger partial charge in [0.15, 0.2) is 0 Å². The second-order valence-corrected chi connectivity index (χ2v) is 6.79. The van der Waals surface area contributed by atoms with Gasteiger partial charge in [-0.1, -0.05) is 12.1 Å². The predicted molar refractivity (Wildman–Crippen MR) is 101 cm³/mol. The largest absolute Gasteiger partial charge is 0.478 e. The third-order valence-corrected chi connectivity index (χ3v) is 4.87. The summed E-state index contributed by atoms with van der Waals surface area (Å²) >= 11 is 0. The minimum atomic E-state index is -0.955. The molecule has 0 radical (unpaired) electrons. The van der Waals surface area contributed by atoms with Crippen LogP contribution in [0.15, 0.2) is 24.3 Å². The van der Waals surface area contributed by atoms with Gasteiger partial charge in [-0.25, -0.2) is 4.79 Å². The van der Waals surface area contributed by atoms with Gasteiger partial charge in [-0.05, 0) is 43.4 Å². The van der Waals surface area contributed by atoms with Gasteiger partial charge in [0.05, 0.1) is 5.56 Å². The number of benzene rings is 1. The lowest BCUT2D eigenvalue weighted by atomic mass is 9.95. The molecule has 1 saturated heterocycles. The Kier molecular flexibility index (Phi) is 8.26. The molecule has 1 aliphatic rings. The Morgan fingerprint density at radius 2 is 1.85 bits per heavy atom. The van der Waals surface area contributed by atoms with E-state index in [0.29, 0.717) is 51.9 Å². The van der Waals surface area contributed by atoms with Crippen LogP contribution < -0.4 is 5.32 Å². The summed E-state index contributed by atoms with van der Waals surface area (Å²) in [5, 5.41) is 11.8.